The van der Waals surface area contributed by atoms with E-state index in [1.165, 1.54) is 5.56 Å². The Kier molecular flexibility index (Phi) is 7.46. The normalized spacial score (nSPS) is 12.0. The summed E-state index contributed by atoms with van der Waals surface area (Å²) in [5.74, 6) is 0.843. The first kappa shape index (κ1) is 32.7. The number of fused-ring (bicyclic) bond motifs is 5. The number of phenols is 1. The quantitative estimate of drug-likeness (QED) is 0.193. The fourth-order valence-electron chi connectivity index (χ4n) is 7.93. The van der Waals surface area contributed by atoms with Crippen LogP contribution in [0.25, 0.3) is 94.3 Å². The van der Waals surface area contributed by atoms with Gasteiger partial charge in [0, 0.05) is 28.3 Å². The number of hydrogen-bond donors (Lipinski definition) is 1. The van der Waals surface area contributed by atoms with E-state index in [1.807, 2.05) is 36.5 Å². The van der Waals surface area contributed by atoms with E-state index >= 15 is 0 Å². The van der Waals surface area contributed by atoms with Gasteiger partial charge in [-0.05, 0) is 87.5 Å². The van der Waals surface area contributed by atoms with Gasteiger partial charge in [0.1, 0.15) is 22.7 Å². The van der Waals surface area contributed by atoms with Crippen LogP contribution in [0.5, 0.6) is 5.75 Å². The maximum absolute atomic E-state index is 11.3. The van der Waals surface area contributed by atoms with Crippen molar-refractivity contribution in [3.63, 3.8) is 0 Å². The fraction of sp³-hybridized carbons (Fsp3) is 0.0800. The Morgan fingerprint density at radius 3 is 2.11 bits per heavy atom. The number of aromatic nitrogens is 3. The van der Waals surface area contributed by atoms with Crippen molar-refractivity contribution < 1.29 is 9.52 Å². The van der Waals surface area contributed by atoms with Crippen LogP contribution in [0.3, 0.4) is 0 Å². The van der Waals surface area contributed by atoms with Crippen LogP contribution in [0.15, 0.2) is 168 Å². The topological polar surface area (TPSA) is 64.1 Å². The Balaban J connectivity index is 1.20. The number of nitrogens with zero attached hydrogens (tertiary/aromatic N) is 3. The maximum Gasteiger partial charge on any atom is 0.149 e. The highest BCUT2D eigenvalue weighted by molar-refractivity contribution is 6.15. The molecule has 0 saturated heterocycles. The van der Waals surface area contributed by atoms with Crippen molar-refractivity contribution in [2.24, 2.45) is 0 Å². The molecule has 0 bridgehead atoms. The highest BCUT2D eigenvalue weighted by Gasteiger charge is 2.24. The van der Waals surface area contributed by atoms with Crippen LogP contribution >= 0.6 is 0 Å². The van der Waals surface area contributed by atoms with Crippen molar-refractivity contribution >= 4 is 43.7 Å². The van der Waals surface area contributed by atoms with Crippen molar-refractivity contribution in [3.05, 3.63) is 169 Å². The number of para-hydroxylation sites is 2. The molecule has 3 heterocycles. The molecule has 0 spiro atoms. The Hall–Kier alpha value is -6.98. The monoisotopic (exact) mass is 711 g/mol. The SMILES string of the molecule is CC(C)(C)c1ccc(-n2c(-c3ccccc3O)nc3c(-c4cccc(-c5nccc6oc7cc8ccccc8cc7c56)c4)cccc32)c(-c2ccccc2)c1. The Morgan fingerprint density at radius 2 is 1.29 bits per heavy atom. The summed E-state index contributed by atoms with van der Waals surface area (Å²) in [7, 11) is 0. The predicted molar refractivity (Wildman–Crippen MR) is 226 cm³/mol. The van der Waals surface area contributed by atoms with Gasteiger partial charge in [-0.15, -0.1) is 0 Å². The van der Waals surface area contributed by atoms with Gasteiger partial charge in [-0.1, -0.05) is 124 Å². The number of rotatable bonds is 5. The van der Waals surface area contributed by atoms with Crippen molar-refractivity contribution in [3.8, 4) is 56.3 Å². The minimum Gasteiger partial charge on any atom is -0.507 e. The van der Waals surface area contributed by atoms with E-state index in [0.29, 0.717) is 11.4 Å². The van der Waals surface area contributed by atoms with Gasteiger partial charge in [0.05, 0.1) is 33.4 Å². The molecule has 0 amide bonds. The molecule has 0 aliphatic carbocycles. The van der Waals surface area contributed by atoms with Crippen molar-refractivity contribution in [2.75, 3.05) is 0 Å². The largest absolute Gasteiger partial charge is 0.507 e. The maximum atomic E-state index is 11.3. The fourth-order valence-corrected chi connectivity index (χ4v) is 7.93. The molecule has 55 heavy (non-hydrogen) atoms. The van der Waals surface area contributed by atoms with Crippen LogP contribution in [-0.2, 0) is 5.41 Å². The summed E-state index contributed by atoms with van der Waals surface area (Å²) >= 11 is 0. The van der Waals surface area contributed by atoms with E-state index in [2.05, 4.69) is 147 Å². The lowest BCUT2D eigenvalue weighted by atomic mass is 9.85. The lowest BCUT2D eigenvalue weighted by Crippen LogP contribution is -2.12. The Bertz CT molecular complexity index is 3090. The number of imidazole rings is 1. The minimum atomic E-state index is -0.0481. The zero-order valence-corrected chi connectivity index (χ0v) is 30.8. The van der Waals surface area contributed by atoms with Gasteiger partial charge in [-0.25, -0.2) is 4.98 Å². The lowest BCUT2D eigenvalue weighted by molar-refractivity contribution is 0.477. The van der Waals surface area contributed by atoms with Crippen LogP contribution < -0.4 is 0 Å². The molecule has 0 fully saturated rings. The second-order valence-electron chi connectivity index (χ2n) is 15.2. The first-order valence-corrected chi connectivity index (χ1v) is 18.6. The molecule has 10 aromatic rings. The van der Waals surface area contributed by atoms with E-state index in [0.717, 1.165) is 82.9 Å². The molecule has 3 aromatic heterocycles. The molecule has 5 heteroatoms. The van der Waals surface area contributed by atoms with Crippen LogP contribution in [0.2, 0.25) is 0 Å². The van der Waals surface area contributed by atoms with E-state index in [1.54, 1.807) is 6.07 Å². The average Bonchev–Trinajstić information content (AvgIpc) is 3.78. The number of phenolic OH excluding ortho intramolecular Hbond substituents is 1. The first-order valence-electron chi connectivity index (χ1n) is 18.6. The van der Waals surface area contributed by atoms with Crippen molar-refractivity contribution in [1.29, 1.82) is 0 Å². The highest BCUT2D eigenvalue weighted by Crippen LogP contribution is 2.42. The lowest BCUT2D eigenvalue weighted by Gasteiger charge is -2.23. The van der Waals surface area contributed by atoms with Gasteiger partial charge in [-0.3, -0.25) is 9.55 Å². The van der Waals surface area contributed by atoms with Gasteiger partial charge >= 0.3 is 0 Å². The molecular formula is C50H37N3O2. The van der Waals surface area contributed by atoms with E-state index in [9.17, 15) is 5.11 Å². The molecule has 0 radical (unpaired) electrons. The van der Waals surface area contributed by atoms with Crippen LogP contribution in [0, 0.1) is 0 Å². The molecule has 1 N–H and O–H groups in total. The molecule has 0 unspecified atom stereocenters. The van der Waals surface area contributed by atoms with Gasteiger partial charge in [0.15, 0.2) is 0 Å². The molecular weight excluding hydrogens is 675 g/mol. The van der Waals surface area contributed by atoms with Crippen LogP contribution in [0.4, 0.5) is 0 Å². The molecule has 264 valence electrons. The second kappa shape index (κ2) is 12.6. The molecule has 5 nitrogen and oxygen atoms in total. The number of aromatic hydroxyl groups is 1. The molecule has 10 rings (SSSR count). The summed E-state index contributed by atoms with van der Waals surface area (Å²) in [4.78, 5) is 10.3. The standard InChI is InChI=1S/C50H37N3O2/c1-50(2,3)36-23-24-41(39(30-36)31-13-5-4-6-14-31)53-42-21-12-20-37(48(42)52-49(53)38-19-9-10-22-43(38)54)34-17-11-18-35(27-34)47-46-40-28-32-15-7-8-16-33(32)29-45(40)55-44(46)25-26-51-47/h4-30,54H,1-3H3. The van der Waals surface area contributed by atoms with Gasteiger partial charge in [0.25, 0.3) is 0 Å². The summed E-state index contributed by atoms with van der Waals surface area (Å²) in [6.07, 6.45) is 1.82. The summed E-state index contributed by atoms with van der Waals surface area (Å²) < 4.78 is 8.60. The first-order chi connectivity index (χ1) is 26.8. The smallest absolute Gasteiger partial charge is 0.149 e. The van der Waals surface area contributed by atoms with Gasteiger partial charge in [0.2, 0.25) is 0 Å². The number of furan rings is 1. The van der Waals surface area contributed by atoms with Gasteiger partial charge in [-0.2, -0.15) is 0 Å². The molecule has 7 aromatic carbocycles. The Morgan fingerprint density at radius 1 is 0.582 bits per heavy atom. The summed E-state index contributed by atoms with van der Waals surface area (Å²) in [6.45, 7) is 6.72. The second-order valence-corrected chi connectivity index (χ2v) is 15.2. The number of pyridine rings is 1. The summed E-state index contributed by atoms with van der Waals surface area (Å²) in [5.41, 5.74) is 12.3. The highest BCUT2D eigenvalue weighted by atomic mass is 16.3. The summed E-state index contributed by atoms with van der Waals surface area (Å²) in [5, 5.41) is 15.6. The van der Waals surface area contributed by atoms with Crippen molar-refractivity contribution in [2.45, 2.75) is 26.2 Å². The molecule has 0 aliphatic rings. The average molecular weight is 712 g/mol. The van der Waals surface area contributed by atoms with E-state index in [-0.39, 0.29) is 11.2 Å². The van der Waals surface area contributed by atoms with Crippen LogP contribution in [0.1, 0.15) is 26.3 Å². The van der Waals surface area contributed by atoms with Gasteiger partial charge < -0.3 is 9.52 Å². The third-order valence-corrected chi connectivity index (χ3v) is 10.7. The minimum absolute atomic E-state index is 0.0481. The zero-order chi connectivity index (χ0) is 37.3. The number of hydrogen-bond acceptors (Lipinski definition) is 4. The van der Waals surface area contributed by atoms with E-state index in [4.69, 9.17) is 14.4 Å². The van der Waals surface area contributed by atoms with Crippen molar-refractivity contribution in [1.82, 2.24) is 14.5 Å². The molecule has 0 atom stereocenters. The molecule has 0 aliphatic heterocycles. The summed E-state index contributed by atoms with van der Waals surface area (Å²) in [6, 6.07) is 54.2. The third-order valence-electron chi connectivity index (χ3n) is 10.7. The van der Waals surface area contributed by atoms with E-state index < -0.39 is 0 Å². The predicted octanol–water partition coefficient (Wildman–Crippen LogP) is 13.1. The zero-order valence-electron chi connectivity index (χ0n) is 30.8. The van der Waals surface area contributed by atoms with Crippen LogP contribution in [-0.4, -0.2) is 19.6 Å². The Labute approximate surface area is 318 Å². The molecule has 0 saturated carbocycles. The third kappa shape index (κ3) is 5.47. The number of benzene rings is 7.